The first kappa shape index (κ1) is 14.1. The maximum Gasteiger partial charge on any atom is 0.340 e. The largest absolute Gasteiger partial charge is 0.478 e. The first-order valence-electron chi connectivity index (χ1n) is 5.33. The smallest absolute Gasteiger partial charge is 0.340 e. The molecule has 0 saturated carbocycles. The van der Waals surface area contributed by atoms with Crippen LogP contribution < -0.4 is 11.1 Å². The molecule has 0 atom stereocenters. The fourth-order valence-electron chi connectivity index (χ4n) is 1.23. The first-order chi connectivity index (χ1) is 8.29. The Bertz CT molecular complexity index is 486. The van der Waals surface area contributed by atoms with E-state index in [2.05, 4.69) is 5.32 Å². The minimum absolute atomic E-state index is 0.0750. The van der Waals surface area contributed by atoms with Gasteiger partial charge in [0.15, 0.2) is 0 Å². The molecule has 1 rings (SSSR count). The third-order valence-electron chi connectivity index (χ3n) is 2.60. The zero-order valence-corrected chi connectivity index (χ0v) is 10.2. The van der Waals surface area contributed by atoms with E-state index in [0.29, 0.717) is 0 Å². The van der Waals surface area contributed by atoms with Crippen molar-refractivity contribution in [3.8, 4) is 0 Å². The normalized spacial score (nSPS) is 11.1. The number of carboxylic acids is 1. The molecule has 0 aliphatic rings. The molecule has 5 nitrogen and oxygen atoms in total. The maximum atomic E-state index is 13.4. The predicted octanol–water partition coefficient (Wildman–Crippen LogP) is 1.45. The van der Waals surface area contributed by atoms with E-state index in [9.17, 15) is 14.0 Å². The van der Waals surface area contributed by atoms with Crippen LogP contribution in [0.25, 0.3) is 0 Å². The number of nitrogens with one attached hydrogen (secondary N) is 1. The highest BCUT2D eigenvalue weighted by Crippen LogP contribution is 2.22. The SMILES string of the molecule is CC(C)(CN)C(=O)Nc1cccc(F)c1C(=O)O. The molecule has 18 heavy (non-hydrogen) atoms. The maximum absolute atomic E-state index is 13.4. The van der Waals surface area contributed by atoms with Crippen LogP contribution in [0.4, 0.5) is 10.1 Å². The molecule has 0 spiro atoms. The molecule has 6 heteroatoms. The molecule has 1 aromatic rings. The van der Waals surface area contributed by atoms with E-state index in [1.165, 1.54) is 12.1 Å². The van der Waals surface area contributed by atoms with Gasteiger partial charge in [-0.25, -0.2) is 9.18 Å². The third kappa shape index (κ3) is 2.84. The van der Waals surface area contributed by atoms with Gasteiger partial charge in [-0.2, -0.15) is 0 Å². The number of carbonyl (C=O) groups is 2. The lowest BCUT2D eigenvalue weighted by Gasteiger charge is -2.21. The van der Waals surface area contributed by atoms with Gasteiger partial charge in [0.2, 0.25) is 5.91 Å². The van der Waals surface area contributed by atoms with Gasteiger partial charge >= 0.3 is 5.97 Å². The molecule has 0 heterocycles. The van der Waals surface area contributed by atoms with Crippen molar-refractivity contribution in [3.05, 3.63) is 29.6 Å². The Balaban J connectivity index is 3.09. The van der Waals surface area contributed by atoms with Gasteiger partial charge in [0.25, 0.3) is 0 Å². The molecule has 0 unspecified atom stereocenters. The monoisotopic (exact) mass is 254 g/mol. The lowest BCUT2D eigenvalue weighted by atomic mass is 9.92. The Morgan fingerprint density at radius 3 is 2.56 bits per heavy atom. The van der Waals surface area contributed by atoms with E-state index in [4.69, 9.17) is 10.8 Å². The molecule has 4 N–H and O–H groups in total. The molecule has 1 aromatic carbocycles. The summed E-state index contributed by atoms with van der Waals surface area (Å²) in [6, 6.07) is 3.68. The summed E-state index contributed by atoms with van der Waals surface area (Å²) in [6.07, 6.45) is 0. The highest BCUT2D eigenvalue weighted by atomic mass is 19.1. The fraction of sp³-hybridized carbons (Fsp3) is 0.333. The number of amides is 1. The Morgan fingerprint density at radius 2 is 2.06 bits per heavy atom. The Labute approximate surface area is 104 Å². The number of rotatable bonds is 4. The summed E-state index contributed by atoms with van der Waals surface area (Å²) in [5.74, 6) is -2.79. The molecule has 98 valence electrons. The quantitative estimate of drug-likeness (QED) is 0.758. The van der Waals surface area contributed by atoms with Crippen molar-refractivity contribution in [2.24, 2.45) is 11.1 Å². The Hall–Kier alpha value is -1.95. The zero-order valence-electron chi connectivity index (χ0n) is 10.2. The third-order valence-corrected chi connectivity index (χ3v) is 2.60. The van der Waals surface area contributed by atoms with Crippen molar-refractivity contribution in [2.45, 2.75) is 13.8 Å². The number of anilines is 1. The van der Waals surface area contributed by atoms with Crippen LogP contribution in [-0.2, 0) is 4.79 Å². The number of carboxylic acid groups (broad SMARTS) is 1. The second-order valence-electron chi connectivity index (χ2n) is 4.51. The van der Waals surface area contributed by atoms with E-state index in [0.717, 1.165) is 6.07 Å². The number of carbonyl (C=O) groups excluding carboxylic acids is 1. The number of hydrogen-bond donors (Lipinski definition) is 3. The van der Waals surface area contributed by atoms with E-state index in [-0.39, 0.29) is 12.2 Å². The van der Waals surface area contributed by atoms with E-state index < -0.39 is 28.7 Å². The van der Waals surface area contributed by atoms with Gasteiger partial charge in [-0.1, -0.05) is 6.07 Å². The van der Waals surface area contributed by atoms with Gasteiger partial charge in [-0.15, -0.1) is 0 Å². The molecule has 0 radical (unpaired) electrons. The van der Waals surface area contributed by atoms with E-state index in [1.807, 2.05) is 0 Å². The summed E-state index contributed by atoms with van der Waals surface area (Å²) >= 11 is 0. The molecule has 1 amide bonds. The zero-order chi connectivity index (χ0) is 13.9. The first-order valence-corrected chi connectivity index (χ1v) is 5.33. The second-order valence-corrected chi connectivity index (χ2v) is 4.51. The summed E-state index contributed by atoms with van der Waals surface area (Å²) < 4.78 is 13.4. The summed E-state index contributed by atoms with van der Waals surface area (Å²) in [5, 5.41) is 11.3. The van der Waals surface area contributed by atoms with Crippen molar-refractivity contribution >= 4 is 17.6 Å². The Kier molecular flexibility index (Phi) is 4.03. The second kappa shape index (κ2) is 5.14. The predicted molar refractivity (Wildman–Crippen MR) is 64.8 cm³/mol. The summed E-state index contributed by atoms with van der Waals surface area (Å²) in [7, 11) is 0. The van der Waals surface area contributed by atoms with E-state index in [1.54, 1.807) is 13.8 Å². The van der Waals surface area contributed by atoms with Crippen LogP contribution in [0.1, 0.15) is 24.2 Å². The van der Waals surface area contributed by atoms with Gasteiger partial charge < -0.3 is 16.2 Å². The Morgan fingerprint density at radius 1 is 1.44 bits per heavy atom. The minimum atomic E-state index is -1.44. The molecule has 0 bridgehead atoms. The van der Waals surface area contributed by atoms with Crippen LogP contribution in [0, 0.1) is 11.2 Å². The lowest BCUT2D eigenvalue weighted by molar-refractivity contribution is -0.123. The molecule has 0 aliphatic carbocycles. The fourth-order valence-corrected chi connectivity index (χ4v) is 1.23. The molecule has 0 aromatic heterocycles. The van der Waals surface area contributed by atoms with E-state index >= 15 is 0 Å². The van der Waals surface area contributed by atoms with Crippen LogP contribution in [0.2, 0.25) is 0 Å². The van der Waals surface area contributed by atoms with Crippen LogP contribution in [0.15, 0.2) is 18.2 Å². The van der Waals surface area contributed by atoms with Gasteiger partial charge in [-0.05, 0) is 26.0 Å². The molecular formula is C12H15FN2O3. The van der Waals surface area contributed by atoms with Gasteiger partial charge in [0.05, 0.1) is 11.1 Å². The summed E-state index contributed by atoms with van der Waals surface area (Å²) in [6.45, 7) is 3.32. The van der Waals surface area contributed by atoms with Crippen molar-refractivity contribution < 1.29 is 19.1 Å². The van der Waals surface area contributed by atoms with Crippen LogP contribution in [0.3, 0.4) is 0 Å². The molecular weight excluding hydrogens is 239 g/mol. The van der Waals surface area contributed by atoms with Crippen LogP contribution in [-0.4, -0.2) is 23.5 Å². The number of hydrogen-bond acceptors (Lipinski definition) is 3. The topological polar surface area (TPSA) is 92.4 Å². The molecule has 0 fully saturated rings. The highest BCUT2D eigenvalue weighted by Gasteiger charge is 2.27. The average Bonchev–Trinajstić information content (AvgIpc) is 2.28. The van der Waals surface area contributed by atoms with Crippen LogP contribution >= 0.6 is 0 Å². The average molecular weight is 254 g/mol. The number of nitrogens with two attached hydrogens (primary N) is 1. The summed E-state index contributed by atoms with van der Waals surface area (Å²) in [5.41, 5.74) is 3.95. The van der Waals surface area contributed by atoms with Crippen molar-refractivity contribution in [1.29, 1.82) is 0 Å². The van der Waals surface area contributed by atoms with Gasteiger partial charge in [-0.3, -0.25) is 4.79 Å². The van der Waals surface area contributed by atoms with Crippen LogP contribution in [0.5, 0.6) is 0 Å². The number of halogens is 1. The van der Waals surface area contributed by atoms with Crippen molar-refractivity contribution in [1.82, 2.24) is 0 Å². The standard InChI is InChI=1S/C12H15FN2O3/c1-12(2,6-14)11(18)15-8-5-3-4-7(13)9(8)10(16)17/h3-5H,6,14H2,1-2H3,(H,15,18)(H,16,17). The van der Waals surface area contributed by atoms with Crippen molar-refractivity contribution in [3.63, 3.8) is 0 Å². The summed E-state index contributed by atoms with van der Waals surface area (Å²) in [4.78, 5) is 22.8. The number of aromatic carboxylic acids is 1. The molecule has 0 saturated heterocycles. The van der Waals surface area contributed by atoms with Gasteiger partial charge in [0.1, 0.15) is 11.4 Å². The highest BCUT2D eigenvalue weighted by molar-refractivity contribution is 6.02. The minimum Gasteiger partial charge on any atom is -0.478 e. The molecule has 0 aliphatic heterocycles. The van der Waals surface area contributed by atoms with Gasteiger partial charge in [0, 0.05) is 6.54 Å². The van der Waals surface area contributed by atoms with Crippen molar-refractivity contribution in [2.75, 3.05) is 11.9 Å². The lowest BCUT2D eigenvalue weighted by Crippen LogP contribution is -2.37. The number of benzene rings is 1.